The molecule has 0 radical (unpaired) electrons. The molecule has 0 spiro atoms. The third-order valence-electron chi connectivity index (χ3n) is 2.54. The van der Waals surface area contributed by atoms with Crippen LogP contribution in [0.2, 0.25) is 0 Å². The van der Waals surface area contributed by atoms with E-state index in [2.05, 4.69) is 26.2 Å². The maximum Gasteiger partial charge on any atom is 0.288 e. The van der Waals surface area contributed by atoms with Crippen molar-refractivity contribution in [3.63, 3.8) is 0 Å². The predicted octanol–water partition coefficient (Wildman–Crippen LogP) is 2.18. The second-order valence-electron chi connectivity index (χ2n) is 3.87. The molecule has 6 nitrogen and oxygen atoms in total. The zero-order valence-corrected chi connectivity index (χ0v) is 11.1. The highest BCUT2D eigenvalue weighted by Crippen LogP contribution is 2.25. The highest BCUT2D eigenvalue weighted by atomic mass is 79.9. The van der Waals surface area contributed by atoms with Crippen LogP contribution in [0.1, 0.15) is 13.8 Å². The lowest BCUT2D eigenvalue weighted by molar-refractivity contribution is -0.385. The van der Waals surface area contributed by atoms with Crippen LogP contribution in [0.4, 0.5) is 11.5 Å². The van der Waals surface area contributed by atoms with E-state index in [1.165, 1.54) is 12.3 Å². The van der Waals surface area contributed by atoms with Gasteiger partial charge in [0.05, 0.1) is 9.40 Å². The van der Waals surface area contributed by atoms with E-state index in [0.717, 1.165) is 0 Å². The summed E-state index contributed by atoms with van der Waals surface area (Å²) in [6.45, 7) is 3.88. The van der Waals surface area contributed by atoms with Crippen molar-refractivity contribution < 1.29 is 10.0 Å². The molecular formula is C10H14BrN3O3. The van der Waals surface area contributed by atoms with E-state index in [1.807, 2.05) is 13.8 Å². The number of pyridine rings is 1. The molecule has 0 aromatic carbocycles. The molecule has 0 fully saturated rings. The van der Waals surface area contributed by atoms with Crippen molar-refractivity contribution >= 4 is 27.4 Å². The summed E-state index contributed by atoms with van der Waals surface area (Å²) in [5.41, 5.74) is -0.0646. The zero-order valence-electron chi connectivity index (χ0n) is 9.55. The van der Waals surface area contributed by atoms with Crippen molar-refractivity contribution in [2.75, 3.05) is 11.9 Å². The lowest BCUT2D eigenvalue weighted by Gasteiger charge is -2.20. The molecule has 2 N–H and O–H groups in total. The van der Waals surface area contributed by atoms with Crippen LogP contribution in [0.5, 0.6) is 0 Å². The second kappa shape index (κ2) is 5.92. The minimum absolute atomic E-state index is 0.0188. The van der Waals surface area contributed by atoms with Crippen LogP contribution in [-0.2, 0) is 0 Å². The summed E-state index contributed by atoms with van der Waals surface area (Å²) in [6, 6.07) is 1.41. The number of hydrogen-bond donors (Lipinski definition) is 2. The van der Waals surface area contributed by atoms with Gasteiger partial charge in [-0.1, -0.05) is 6.92 Å². The molecule has 0 aliphatic carbocycles. The van der Waals surface area contributed by atoms with Gasteiger partial charge in [-0.3, -0.25) is 10.1 Å². The molecule has 0 saturated carbocycles. The molecule has 2 unspecified atom stereocenters. The number of aliphatic hydroxyl groups is 1. The quantitative estimate of drug-likeness (QED) is 0.643. The molecule has 94 valence electrons. The van der Waals surface area contributed by atoms with E-state index < -0.39 is 4.92 Å². The maximum absolute atomic E-state index is 10.5. The molecule has 1 aromatic heterocycles. The maximum atomic E-state index is 10.5. The largest absolute Gasteiger partial charge is 0.396 e. The van der Waals surface area contributed by atoms with E-state index >= 15 is 0 Å². The Balaban J connectivity index is 2.82. The van der Waals surface area contributed by atoms with Crippen molar-refractivity contribution in [2.45, 2.75) is 19.9 Å². The third-order valence-corrected chi connectivity index (χ3v) is 3.15. The molecule has 2 atom stereocenters. The van der Waals surface area contributed by atoms with E-state index in [9.17, 15) is 10.1 Å². The average molecular weight is 304 g/mol. The molecule has 1 heterocycles. The van der Waals surface area contributed by atoms with Gasteiger partial charge in [0.1, 0.15) is 12.0 Å². The summed E-state index contributed by atoms with van der Waals surface area (Å²) in [4.78, 5) is 14.0. The first-order chi connectivity index (χ1) is 7.95. The van der Waals surface area contributed by atoms with Gasteiger partial charge >= 0.3 is 0 Å². The summed E-state index contributed by atoms with van der Waals surface area (Å²) >= 11 is 3.22. The van der Waals surface area contributed by atoms with Crippen LogP contribution in [0.15, 0.2) is 16.7 Å². The SMILES string of the molecule is CC(CO)C(C)Nc1ncc([N+](=O)[O-])cc1Br. The Hall–Kier alpha value is -1.21. The van der Waals surface area contributed by atoms with Gasteiger partial charge in [0.15, 0.2) is 0 Å². The van der Waals surface area contributed by atoms with Crippen LogP contribution in [0.25, 0.3) is 0 Å². The number of nitrogens with zero attached hydrogens (tertiary/aromatic N) is 2. The van der Waals surface area contributed by atoms with Crippen LogP contribution in [0.3, 0.4) is 0 Å². The average Bonchev–Trinajstić information content (AvgIpc) is 2.30. The normalized spacial score (nSPS) is 14.1. The Morgan fingerprint density at radius 1 is 1.65 bits per heavy atom. The minimum atomic E-state index is -0.499. The topological polar surface area (TPSA) is 88.3 Å². The summed E-state index contributed by atoms with van der Waals surface area (Å²) in [5, 5.41) is 22.6. The van der Waals surface area contributed by atoms with Crippen molar-refractivity contribution in [1.82, 2.24) is 4.98 Å². The van der Waals surface area contributed by atoms with Crippen LogP contribution >= 0.6 is 15.9 Å². The van der Waals surface area contributed by atoms with Crippen molar-refractivity contribution in [3.05, 3.63) is 26.9 Å². The predicted molar refractivity (Wildman–Crippen MR) is 67.9 cm³/mol. The molecule has 7 heteroatoms. The fourth-order valence-electron chi connectivity index (χ4n) is 1.15. The van der Waals surface area contributed by atoms with Gasteiger partial charge in [-0.15, -0.1) is 0 Å². The first-order valence-corrected chi connectivity index (χ1v) is 5.92. The number of aliphatic hydroxyl groups excluding tert-OH is 1. The number of aromatic nitrogens is 1. The van der Waals surface area contributed by atoms with Crippen LogP contribution < -0.4 is 5.32 Å². The van der Waals surface area contributed by atoms with Crippen molar-refractivity contribution in [2.24, 2.45) is 5.92 Å². The summed E-state index contributed by atoms with van der Waals surface area (Å²) in [5.74, 6) is 0.599. The lowest BCUT2D eigenvalue weighted by Crippen LogP contribution is -2.26. The first-order valence-electron chi connectivity index (χ1n) is 5.13. The first kappa shape index (κ1) is 13.9. The van der Waals surface area contributed by atoms with E-state index in [-0.39, 0.29) is 24.3 Å². The van der Waals surface area contributed by atoms with Gasteiger partial charge < -0.3 is 10.4 Å². The number of halogens is 1. The molecule has 0 saturated heterocycles. The van der Waals surface area contributed by atoms with E-state index in [4.69, 9.17) is 5.11 Å². The number of nitrogens with one attached hydrogen (secondary N) is 1. The van der Waals surface area contributed by atoms with Gasteiger partial charge in [-0.2, -0.15) is 0 Å². The molecule has 0 amide bonds. The molecule has 17 heavy (non-hydrogen) atoms. The number of nitro groups is 1. The molecule has 0 aliphatic heterocycles. The fourth-order valence-corrected chi connectivity index (χ4v) is 1.60. The number of anilines is 1. The van der Waals surface area contributed by atoms with Crippen molar-refractivity contribution in [1.29, 1.82) is 0 Å². The highest BCUT2D eigenvalue weighted by molar-refractivity contribution is 9.10. The van der Waals surface area contributed by atoms with Gasteiger partial charge in [-0.05, 0) is 28.8 Å². The van der Waals surface area contributed by atoms with E-state index in [0.29, 0.717) is 10.3 Å². The third kappa shape index (κ3) is 3.64. The zero-order chi connectivity index (χ0) is 13.0. The van der Waals surface area contributed by atoms with Gasteiger partial charge in [0.25, 0.3) is 5.69 Å². The fraction of sp³-hybridized carbons (Fsp3) is 0.500. The molecule has 0 bridgehead atoms. The standard InChI is InChI=1S/C10H14BrN3O3/c1-6(5-15)7(2)13-10-9(11)3-8(4-12-10)14(16)17/h3-4,6-7,15H,5H2,1-2H3,(H,12,13). The smallest absolute Gasteiger partial charge is 0.288 e. The number of hydrogen-bond acceptors (Lipinski definition) is 5. The molecule has 1 aromatic rings. The van der Waals surface area contributed by atoms with Crippen LogP contribution in [0, 0.1) is 16.0 Å². The second-order valence-corrected chi connectivity index (χ2v) is 4.73. The highest BCUT2D eigenvalue weighted by Gasteiger charge is 2.15. The van der Waals surface area contributed by atoms with Crippen molar-refractivity contribution in [3.8, 4) is 0 Å². The monoisotopic (exact) mass is 303 g/mol. The van der Waals surface area contributed by atoms with Gasteiger partial charge in [0.2, 0.25) is 0 Å². The minimum Gasteiger partial charge on any atom is -0.396 e. The van der Waals surface area contributed by atoms with Crippen LogP contribution in [-0.4, -0.2) is 27.7 Å². The van der Waals surface area contributed by atoms with Gasteiger partial charge in [0, 0.05) is 18.7 Å². The summed E-state index contributed by atoms with van der Waals surface area (Å²) in [6.07, 6.45) is 1.20. The molecular weight excluding hydrogens is 290 g/mol. The lowest BCUT2D eigenvalue weighted by atomic mass is 10.1. The molecule has 0 aliphatic rings. The Bertz CT molecular complexity index is 414. The Morgan fingerprint density at radius 2 is 2.29 bits per heavy atom. The van der Waals surface area contributed by atoms with Gasteiger partial charge in [-0.25, -0.2) is 4.98 Å². The summed E-state index contributed by atoms with van der Waals surface area (Å²) < 4.78 is 0.531. The summed E-state index contributed by atoms with van der Waals surface area (Å²) in [7, 11) is 0. The Morgan fingerprint density at radius 3 is 2.76 bits per heavy atom. The Labute approximate surface area is 107 Å². The van der Waals surface area contributed by atoms with E-state index in [1.54, 1.807) is 0 Å². The number of rotatable bonds is 5. The Kier molecular flexibility index (Phi) is 4.83. The molecule has 1 rings (SSSR count).